The molecule has 1 aliphatic carbocycles. The smallest absolute Gasteiger partial charge is 0.430 e. The largest absolute Gasteiger partial charge is 0.528 e. The van der Waals surface area contributed by atoms with Gasteiger partial charge in [-0.1, -0.05) is 48.9 Å². The van der Waals surface area contributed by atoms with Crippen molar-refractivity contribution in [1.82, 2.24) is 14.9 Å². The van der Waals surface area contributed by atoms with Crippen LogP contribution in [0.15, 0.2) is 59.5 Å². The molecule has 3 aliphatic heterocycles. The van der Waals surface area contributed by atoms with Crippen LogP contribution in [0.5, 0.6) is 0 Å². The van der Waals surface area contributed by atoms with Gasteiger partial charge in [-0.15, -0.1) is 5.06 Å². The van der Waals surface area contributed by atoms with Gasteiger partial charge >= 0.3 is 6.16 Å². The van der Waals surface area contributed by atoms with Gasteiger partial charge in [0.1, 0.15) is 6.10 Å². The number of likely N-dealkylation sites (tertiary alicyclic amines) is 2. The van der Waals surface area contributed by atoms with E-state index in [4.69, 9.17) is 9.57 Å². The highest BCUT2D eigenvalue weighted by atomic mass is 32.2. The Morgan fingerprint density at radius 1 is 0.909 bits per heavy atom. The molecule has 1 spiro atoms. The second-order valence-electron chi connectivity index (χ2n) is 13.3. The summed E-state index contributed by atoms with van der Waals surface area (Å²) in [6.07, 6.45) is 8.36. The number of benzene rings is 2. The third kappa shape index (κ3) is 7.13. The number of hydrogen-bond donors (Lipinski definition) is 0. The molecule has 3 heterocycles. The Labute approximate surface area is 261 Å². The number of carbonyl (C=O) groups excluding carboxylic acids is 2. The molecule has 238 valence electrons. The Morgan fingerprint density at radius 3 is 2.27 bits per heavy atom. The maximum Gasteiger partial charge on any atom is 0.528 e. The second-order valence-corrected chi connectivity index (χ2v) is 15.3. The van der Waals surface area contributed by atoms with E-state index in [0.717, 1.165) is 76.7 Å². The molecule has 2 aromatic carbocycles. The van der Waals surface area contributed by atoms with E-state index >= 15 is 0 Å². The average molecular weight is 624 g/mol. The summed E-state index contributed by atoms with van der Waals surface area (Å²) >= 11 is 0. The van der Waals surface area contributed by atoms with Crippen molar-refractivity contribution in [2.75, 3.05) is 45.5 Å². The van der Waals surface area contributed by atoms with Crippen molar-refractivity contribution in [2.24, 2.45) is 11.3 Å². The van der Waals surface area contributed by atoms with Crippen molar-refractivity contribution in [2.45, 2.75) is 74.8 Å². The van der Waals surface area contributed by atoms with Gasteiger partial charge in [0.15, 0.2) is 9.84 Å². The molecule has 0 radical (unpaired) electrons. The molecule has 4 fully saturated rings. The number of hydroxylamine groups is 2. The van der Waals surface area contributed by atoms with Crippen molar-refractivity contribution in [3.8, 4) is 0 Å². The summed E-state index contributed by atoms with van der Waals surface area (Å²) in [6, 6.07) is 17.3. The fourth-order valence-corrected chi connectivity index (χ4v) is 8.31. The minimum absolute atomic E-state index is 0.0325. The van der Waals surface area contributed by atoms with Gasteiger partial charge < -0.3 is 19.4 Å². The first-order valence-electron chi connectivity index (χ1n) is 16.2. The first-order valence-corrected chi connectivity index (χ1v) is 18.1. The summed E-state index contributed by atoms with van der Waals surface area (Å²) in [5.41, 5.74) is 1.89. The maximum absolute atomic E-state index is 13.6. The van der Waals surface area contributed by atoms with Crippen molar-refractivity contribution in [3.05, 3.63) is 65.7 Å². The van der Waals surface area contributed by atoms with E-state index in [2.05, 4.69) is 29.2 Å². The van der Waals surface area contributed by atoms with Gasteiger partial charge in [0.25, 0.3) is 0 Å². The summed E-state index contributed by atoms with van der Waals surface area (Å²) in [6.45, 7) is 5.16. The molecule has 44 heavy (non-hydrogen) atoms. The Hall–Kier alpha value is -2.95. The van der Waals surface area contributed by atoms with E-state index in [1.54, 1.807) is 17.2 Å². The van der Waals surface area contributed by atoms with E-state index in [-0.39, 0.29) is 23.3 Å². The molecule has 9 nitrogen and oxygen atoms in total. The van der Waals surface area contributed by atoms with E-state index in [0.29, 0.717) is 30.4 Å². The van der Waals surface area contributed by atoms with Crippen LogP contribution in [0.4, 0.5) is 4.79 Å². The number of piperidine rings is 1. The Balaban J connectivity index is 1.04. The Bertz CT molecular complexity index is 1400. The second kappa shape index (κ2) is 13.2. The van der Waals surface area contributed by atoms with Crippen molar-refractivity contribution >= 4 is 21.9 Å². The molecule has 4 aliphatic rings. The topological polar surface area (TPSA) is 96.5 Å². The predicted octanol–water partition coefficient (Wildman–Crippen LogP) is 5.02. The first kappa shape index (κ1) is 31.0. The molecule has 6 rings (SSSR count). The molecule has 2 aromatic rings. The van der Waals surface area contributed by atoms with Crippen LogP contribution < -0.4 is 0 Å². The zero-order chi connectivity index (χ0) is 30.7. The first-order chi connectivity index (χ1) is 21.2. The van der Waals surface area contributed by atoms with E-state index in [1.807, 2.05) is 23.1 Å². The van der Waals surface area contributed by atoms with Crippen LogP contribution >= 0.6 is 0 Å². The average Bonchev–Trinajstić information content (AvgIpc) is 3.55. The van der Waals surface area contributed by atoms with Crippen molar-refractivity contribution in [1.29, 1.82) is 0 Å². The third-order valence-corrected chi connectivity index (χ3v) is 11.4. The molecule has 2 atom stereocenters. The summed E-state index contributed by atoms with van der Waals surface area (Å²) < 4.78 is 29.2. The van der Waals surface area contributed by atoms with Gasteiger partial charge in [0.05, 0.1) is 10.3 Å². The molecule has 0 N–H and O–H groups in total. The third-order valence-electron chi connectivity index (χ3n) is 10.3. The lowest BCUT2D eigenvalue weighted by Gasteiger charge is -2.39. The standard InChI is InChI=1S/C34H45N3O6S/c1-44(40,41)30-14-12-26(13-15-30)22-36-21-18-34(32(36)38)16-19-35(20-17-34)23-28-24-37(25-31(28)27-8-4-2-5-9-27)43-33(39)42-29-10-6-3-7-11-29/h2,4-5,8-9,12-15,28-29,31H,3,6-7,10-11,16-25H2,1H3/t28-,31+/m0/s1. The molecule has 0 unspecified atom stereocenters. The number of rotatable bonds is 8. The van der Waals surface area contributed by atoms with Crippen LogP contribution in [-0.2, 0) is 30.8 Å². The number of ether oxygens (including phenoxy) is 1. The van der Waals surface area contributed by atoms with Gasteiger partial charge in [0, 0.05) is 44.9 Å². The van der Waals surface area contributed by atoms with Gasteiger partial charge in [-0.25, -0.2) is 13.2 Å². The zero-order valence-electron chi connectivity index (χ0n) is 25.7. The highest BCUT2D eigenvalue weighted by Gasteiger charge is 2.48. The van der Waals surface area contributed by atoms with Gasteiger partial charge in [0.2, 0.25) is 5.91 Å². The van der Waals surface area contributed by atoms with Crippen LogP contribution in [0.25, 0.3) is 0 Å². The zero-order valence-corrected chi connectivity index (χ0v) is 26.6. The summed E-state index contributed by atoms with van der Waals surface area (Å²) in [5.74, 6) is 0.760. The molecular weight excluding hydrogens is 578 g/mol. The van der Waals surface area contributed by atoms with Gasteiger partial charge in [-0.05, 0) is 87.2 Å². The minimum atomic E-state index is -3.24. The van der Waals surface area contributed by atoms with E-state index in [9.17, 15) is 18.0 Å². The van der Waals surface area contributed by atoms with Crippen LogP contribution in [0.1, 0.15) is 68.4 Å². The lowest BCUT2D eigenvalue weighted by molar-refractivity contribution is -0.139. The normalized spacial score (nSPS) is 25.0. The molecule has 10 heteroatoms. The van der Waals surface area contributed by atoms with E-state index in [1.165, 1.54) is 18.2 Å². The Kier molecular flexibility index (Phi) is 9.31. The molecule has 1 amide bonds. The van der Waals surface area contributed by atoms with Gasteiger partial charge in [-0.2, -0.15) is 0 Å². The SMILES string of the molecule is CS(=O)(=O)c1ccc(CN2CCC3(CCN(C[C@H]4CN(OC(=O)OC5CCCCC5)C[C@@H]4c4ccccc4)CC3)C2=O)cc1. The summed E-state index contributed by atoms with van der Waals surface area (Å²) in [7, 11) is -3.24. The van der Waals surface area contributed by atoms with Gasteiger partial charge in [-0.3, -0.25) is 4.79 Å². The number of carbonyl (C=O) groups is 2. The molecule has 1 saturated carbocycles. The number of hydrogen-bond acceptors (Lipinski definition) is 8. The van der Waals surface area contributed by atoms with E-state index < -0.39 is 16.0 Å². The highest BCUT2D eigenvalue weighted by Crippen LogP contribution is 2.43. The highest BCUT2D eigenvalue weighted by molar-refractivity contribution is 7.90. The number of sulfone groups is 1. The van der Waals surface area contributed by atoms with Crippen LogP contribution in [0, 0.1) is 11.3 Å². The van der Waals surface area contributed by atoms with Crippen LogP contribution in [0.2, 0.25) is 0 Å². The van der Waals surface area contributed by atoms with Crippen molar-refractivity contribution < 1.29 is 27.6 Å². The summed E-state index contributed by atoms with van der Waals surface area (Å²) in [5, 5.41) is 1.79. The lowest BCUT2D eigenvalue weighted by atomic mass is 9.76. The fourth-order valence-electron chi connectivity index (χ4n) is 7.68. The predicted molar refractivity (Wildman–Crippen MR) is 166 cm³/mol. The lowest BCUT2D eigenvalue weighted by Crippen LogP contribution is -2.46. The summed E-state index contributed by atoms with van der Waals surface area (Å²) in [4.78, 5) is 36.7. The van der Waals surface area contributed by atoms with Crippen molar-refractivity contribution in [3.63, 3.8) is 0 Å². The maximum atomic E-state index is 13.6. The molecule has 0 aromatic heterocycles. The quantitative estimate of drug-likeness (QED) is 0.379. The number of nitrogens with zero attached hydrogens (tertiary/aromatic N) is 3. The molecule has 3 saturated heterocycles. The monoisotopic (exact) mass is 623 g/mol. The fraction of sp³-hybridized carbons (Fsp3) is 0.588. The molecule has 0 bridgehead atoms. The van der Waals surface area contributed by atoms with Crippen LogP contribution in [0.3, 0.4) is 0 Å². The molecular formula is C34H45N3O6S. The Morgan fingerprint density at radius 2 is 1.59 bits per heavy atom. The van der Waals surface area contributed by atoms with Crippen LogP contribution in [-0.4, -0.2) is 87.0 Å². The minimum Gasteiger partial charge on any atom is -0.430 e. The number of amides is 1.